The van der Waals surface area contributed by atoms with Crippen molar-refractivity contribution in [2.24, 2.45) is 0 Å². The molecule has 4 nitrogen and oxygen atoms in total. The lowest BCUT2D eigenvalue weighted by Gasteiger charge is -2.40. The van der Waals surface area contributed by atoms with E-state index in [-0.39, 0.29) is 12.6 Å². The number of ether oxygens (including phenoxy) is 1. The van der Waals surface area contributed by atoms with E-state index in [2.05, 4.69) is 0 Å². The molecular formula is C21H19ClN2O2S. The zero-order chi connectivity index (χ0) is 19.2. The van der Waals surface area contributed by atoms with E-state index in [1.165, 1.54) is 0 Å². The van der Waals surface area contributed by atoms with Crippen LogP contribution in [0.2, 0.25) is 5.02 Å². The molecule has 4 rings (SSSR count). The maximum Gasteiger partial charge on any atom is 0.261 e. The third-order valence-electron chi connectivity index (χ3n) is 4.85. The SMILES string of the molecule is CC1=C(c2ccccc2)C(=O)N(C(C)(C)c2nc3c(Cl)cccc3s2)CO1. The Labute approximate surface area is 167 Å². The largest absolute Gasteiger partial charge is 0.477 e. The van der Waals surface area contributed by atoms with Gasteiger partial charge >= 0.3 is 0 Å². The van der Waals surface area contributed by atoms with Gasteiger partial charge in [0.25, 0.3) is 5.91 Å². The molecule has 2 heterocycles. The number of rotatable bonds is 3. The highest BCUT2D eigenvalue weighted by Gasteiger charge is 2.40. The van der Waals surface area contributed by atoms with Gasteiger partial charge in [0, 0.05) is 0 Å². The van der Waals surface area contributed by atoms with Crippen LogP contribution in [0.1, 0.15) is 31.3 Å². The van der Waals surface area contributed by atoms with E-state index in [9.17, 15) is 4.79 Å². The molecule has 1 aliphatic rings. The van der Waals surface area contributed by atoms with Crippen LogP contribution >= 0.6 is 22.9 Å². The summed E-state index contributed by atoms with van der Waals surface area (Å²) in [5, 5.41) is 1.45. The van der Waals surface area contributed by atoms with Gasteiger partial charge in [-0.2, -0.15) is 0 Å². The number of benzene rings is 2. The van der Waals surface area contributed by atoms with Crippen LogP contribution in [0.15, 0.2) is 54.3 Å². The van der Waals surface area contributed by atoms with Gasteiger partial charge in [0.05, 0.1) is 20.8 Å². The van der Waals surface area contributed by atoms with Crippen molar-refractivity contribution in [1.82, 2.24) is 9.88 Å². The van der Waals surface area contributed by atoms with Crippen molar-refractivity contribution < 1.29 is 9.53 Å². The Morgan fingerprint density at radius 2 is 1.89 bits per heavy atom. The third kappa shape index (κ3) is 3.01. The van der Waals surface area contributed by atoms with Crippen LogP contribution in [-0.2, 0) is 15.1 Å². The number of thiazole rings is 1. The van der Waals surface area contributed by atoms with Gasteiger partial charge in [-0.15, -0.1) is 11.3 Å². The van der Waals surface area contributed by atoms with Crippen LogP contribution in [0.3, 0.4) is 0 Å². The van der Waals surface area contributed by atoms with Crippen molar-refractivity contribution in [3.63, 3.8) is 0 Å². The number of para-hydroxylation sites is 1. The van der Waals surface area contributed by atoms with Gasteiger partial charge < -0.3 is 4.74 Å². The summed E-state index contributed by atoms with van der Waals surface area (Å²) in [5.41, 5.74) is 1.58. The van der Waals surface area contributed by atoms with Crippen molar-refractivity contribution in [2.75, 3.05) is 6.73 Å². The predicted molar refractivity (Wildman–Crippen MR) is 109 cm³/mol. The van der Waals surface area contributed by atoms with Gasteiger partial charge in [-0.1, -0.05) is 48.0 Å². The first-order valence-electron chi connectivity index (χ1n) is 8.66. The molecule has 0 N–H and O–H groups in total. The van der Waals surface area contributed by atoms with Crippen molar-refractivity contribution in [3.8, 4) is 0 Å². The standard InChI is InChI=1S/C21H19ClN2O2S/c1-13-17(14-8-5-4-6-9-14)19(25)24(12-26-13)21(2,3)20-23-18-15(22)10-7-11-16(18)27-20/h4-11H,12H2,1-3H3. The molecule has 0 radical (unpaired) electrons. The highest BCUT2D eigenvalue weighted by molar-refractivity contribution is 7.18. The summed E-state index contributed by atoms with van der Waals surface area (Å²) < 4.78 is 6.87. The molecular weight excluding hydrogens is 380 g/mol. The smallest absolute Gasteiger partial charge is 0.261 e. The summed E-state index contributed by atoms with van der Waals surface area (Å²) in [6.45, 7) is 6.01. The lowest BCUT2D eigenvalue weighted by Crippen LogP contribution is -2.49. The summed E-state index contributed by atoms with van der Waals surface area (Å²) in [4.78, 5) is 19.8. The van der Waals surface area contributed by atoms with E-state index < -0.39 is 5.54 Å². The Morgan fingerprint density at radius 1 is 1.15 bits per heavy atom. The lowest BCUT2D eigenvalue weighted by molar-refractivity contribution is -0.139. The van der Waals surface area contributed by atoms with Gasteiger partial charge in [0.1, 0.15) is 16.3 Å². The average molecular weight is 399 g/mol. The first-order chi connectivity index (χ1) is 12.9. The molecule has 0 aliphatic carbocycles. The molecule has 0 saturated carbocycles. The highest BCUT2D eigenvalue weighted by Crippen LogP contribution is 2.39. The highest BCUT2D eigenvalue weighted by atomic mass is 35.5. The summed E-state index contributed by atoms with van der Waals surface area (Å²) in [6, 6.07) is 15.4. The van der Waals surface area contributed by atoms with Crippen LogP contribution < -0.4 is 0 Å². The Bertz CT molecular complexity index is 1060. The quantitative estimate of drug-likeness (QED) is 0.590. The van der Waals surface area contributed by atoms with E-state index in [1.54, 1.807) is 16.2 Å². The van der Waals surface area contributed by atoms with E-state index >= 15 is 0 Å². The van der Waals surface area contributed by atoms with Gasteiger partial charge in [0.15, 0.2) is 6.73 Å². The Kier molecular flexibility index (Phi) is 4.44. The molecule has 138 valence electrons. The van der Waals surface area contributed by atoms with Gasteiger partial charge in [-0.05, 0) is 38.5 Å². The maximum absolute atomic E-state index is 13.4. The topological polar surface area (TPSA) is 42.4 Å². The summed E-state index contributed by atoms with van der Waals surface area (Å²) in [5.74, 6) is 0.589. The van der Waals surface area contributed by atoms with Crippen molar-refractivity contribution in [2.45, 2.75) is 26.3 Å². The second-order valence-electron chi connectivity index (χ2n) is 6.97. The molecule has 2 aromatic carbocycles. The first-order valence-corrected chi connectivity index (χ1v) is 9.85. The van der Waals surface area contributed by atoms with Crippen molar-refractivity contribution >= 4 is 44.6 Å². The van der Waals surface area contributed by atoms with E-state index in [0.717, 1.165) is 20.8 Å². The third-order valence-corrected chi connectivity index (χ3v) is 6.49. The number of amides is 1. The molecule has 27 heavy (non-hydrogen) atoms. The summed E-state index contributed by atoms with van der Waals surface area (Å²) in [6.07, 6.45) is 0. The van der Waals surface area contributed by atoms with Crippen molar-refractivity contribution in [1.29, 1.82) is 0 Å². The van der Waals surface area contributed by atoms with Gasteiger partial charge in [-0.3, -0.25) is 9.69 Å². The van der Waals surface area contributed by atoms with Crippen molar-refractivity contribution in [3.05, 3.63) is 69.9 Å². The Balaban J connectivity index is 1.75. The number of halogens is 1. The van der Waals surface area contributed by atoms with E-state index in [1.807, 2.05) is 69.3 Å². The predicted octanol–water partition coefficient (Wildman–Crippen LogP) is 5.43. The number of fused-ring (bicyclic) bond motifs is 1. The zero-order valence-electron chi connectivity index (χ0n) is 15.3. The van der Waals surface area contributed by atoms with Gasteiger partial charge in [0.2, 0.25) is 0 Å². The number of carbonyl (C=O) groups excluding carboxylic acids is 1. The zero-order valence-corrected chi connectivity index (χ0v) is 16.9. The Hall–Kier alpha value is -2.37. The minimum atomic E-state index is -0.634. The Morgan fingerprint density at radius 3 is 2.59 bits per heavy atom. The molecule has 0 unspecified atom stereocenters. The normalized spacial score (nSPS) is 15.4. The number of aromatic nitrogens is 1. The van der Waals surface area contributed by atoms with Crippen LogP contribution in [0.25, 0.3) is 15.8 Å². The van der Waals surface area contributed by atoms with Crippen LogP contribution in [0.4, 0.5) is 0 Å². The molecule has 0 atom stereocenters. The first kappa shape index (κ1) is 18.0. The average Bonchev–Trinajstić information content (AvgIpc) is 3.09. The molecule has 0 bridgehead atoms. The number of hydrogen-bond donors (Lipinski definition) is 0. The molecule has 6 heteroatoms. The number of allylic oxidation sites excluding steroid dienone is 1. The molecule has 1 aliphatic heterocycles. The fourth-order valence-corrected chi connectivity index (χ4v) is 4.59. The monoisotopic (exact) mass is 398 g/mol. The molecule has 0 saturated heterocycles. The van der Waals surface area contributed by atoms with E-state index in [4.69, 9.17) is 21.3 Å². The van der Waals surface area contributed by atoms with Gasteiger partial charge in [-0.25, -0.2) is 4.98 Å². The molecule has 0 fully saturated rings. The molecule has 0 spiro atoms. The fourth-order valence-electron chi connectivity index (χ4n) is 3.22. The van der Waals surface area contributed by atoms with Crippen LogP contribution in [0.5, 0.6) is 0 Å². The van der Waals surface area contributed by atoms with Crippen LogP contribution in [-0.4, -0.2) is 22.5 Å². The molecule has 1 aromatic heterocycles. The fraction of sp³-hybridized carbons (Fsp3) is 0.238. The second kappa shape index (κ2) is 6.66. The minimum absolute atomic E-state index is 0.0553. The summed E-state index contributed by atoms with van der Waals surface area (Å²) in [7, 11) is 0. The summed E-state index contributed by atoms with van der Waals surface area (Å²) >= 11 is 7.84. The maximum atomic E-state index is 13.4. The lowest BCUT2D eigenvalue weighted by atomic mass is 9.98. The van der Waals surface area contributed by atoms with Crippen LogP contribution in [0, 0.1) is 0 Å². The minimum Gasteiger partial charge on any atom is -0.477 e. The number of carbonyl (C=O) groups is 1. The molecule has 1 amide bonds. The van der Waals surface area contributed by atoms with E-state index in [0.29, 0.717) is 16.4 Å². The second-order valence-corrected chi connectivity index (χ2v) is 8.41. The number of hydrogen-bond acceptors (Lipinski definition) is 4. The molecule has 3 aromatic rings. The number of nitrogens with zero attached hydrogens (tertiary/aromatic N) is 2.